The quantitative estimate of drug-likeness (QED) is 0.226. The molecule has 10 nitrogen and oxygen atoms in total. The fourth-order valence-electron chi connectivity index (χ4n) is 2.36. The predicted octanol–water partition coefficient (Wildman–Crippen LogP) is -0.857. The Morgan fingerprint density at radius 2 is 1.38 bits per heavy atom. The summed E-state index contributed by atoms with van der Waals surface area (Å²) in [7, 11) is 0. The molecule has 1 saturated heterocycles. The van der Waals surface area contributed by atoms with Crippen molar-refractivity contribution in [3.05, 3.63) is 0 Å². The van der Waals surface area contributed by atoms with Crippen LogP contribution in [0.15, 0.2) is 4.99 Å². The van der Waals surface area contributed by atoms with Gasteiger partial charge in [0, 0.05) is 0 Å². The molecule has 0 bridgehead atoms. The van der Waals surface area contributed by atoms with Crippen LogP contribution in [0.5, 0.6) is 0 Å². The van der Waals surface area contributed by atoms with E-state index in [-0.39, 0.29) is 6.61 Å². The van der Waals surface area contributed by atoms with Crippen molar-refractivity contribution >= 4 is 44.2 Å². The van der Waals surface area contributed by atoms with Crippen molar-refractivity contribution < 1.29 is 42.9 Å². The summed E-state index contributed by atoms with van der Waals surface area (Å²) in [5, 5.41) is 0. The predicted molar refractivity (Wildman–Crippen MR) is 85.1 cm³/mol. The van der Waals surface area contributed by atoms with E-state index >= 15 is 0 Å². The Labute approximate surface area is 157 Å². The number of carbonyl (C=O) groups is 4. The number of nitrogens with zero attached hydrogens (tertiary/aromatic N) is 1. The minimum atomic E-state index is -1.23. The van der Waals surface area contributed by atoms with Gasteiger partial charge in [0.1, 0.15) is 0 Å². The molecule has 144 valence electrons. The first-order valence-corrected chi connectivity index (χ1v) is 8.38. The standard InChI is InChI=1S/C15H19NO9Se/c1-7(17)21-5-11-12(22-8(2)18)13(23-9(3)19)14(24-10(4)20)15(25-11)16-6-26/h11-15H,5H2,1-4H3/t11-,12-,13+,14-,15-/m1/s1. The Balaban J connectivity index is 3.28. The fraction of sp³-hybridized carbons (Fsp3) is 0.667. The molecule has 26 heavy (non-hydrogen) atoms. The summed E-state index contributed by atoms with van der Waals surface area (Å²) in [5.74, 6) is -2.66. The molecule has 0 aromatic heterocycles. The molecule has 0 aromatic carbocycles. The average Bonchev–Trinajstić information content (AvgIpc) is 2.50. The van der Waals surface area contributed by atoms with Crippen LogP contribution >= 0.6 is 0 Å². The summed E-state index contributed by atoms with van der Waals surface area (Å²) in [4.78, 5) is 49.5. The van der Waals surface area contributed by atoms with Crippen molar-refractivity contribution in [2.24, 2.45) is 4.99 Å². The number of hydrogen-bond acceptors (Lipinski definition) is 10. The first-order chi connectivity index (χ1) is 12.1. The van der Waals surface area contributed by atoms with E-state index < -0.39 is 54.5 Å². The van der Waals surface area contributed by atoms with Crippen LogP contribution in [0, 0.1) is 0 Å². The third kappa shape index (κ3) is 6.68. The molecule has 0 N–H and O–H groups in total. The Kier molecular flexibility index (Phi) is 8.60. The summed E-state index contributed by atoms with van der Waals surface area (Å²) in [6.45, 7) is 4.34. The SMILES string of the molecule is CC(=O)OC[C@H]1O[C@@H](N=C=[Se])[C@H](OC(C)=O)[C@@H](OC(C)=O)[C@@H]1OC(C)=O. The third-order valence-electron chi connectivity index (χ3n) is 3.15. The monoisotopic (exact) mass is 437 g/mol. The number of aliphatic imine (C=N–C) groups is 1. The van der Waals surface area contributed by atoms with Crippen molar-refractivity contribution in [3.63, 3.8) is 0 Å². The normalized spacial score (nSPS) is 27.5. The van der Waals surface area contributed by atoms with Gasteiger partial charge < -0.3 is 0 Å². The van der Waals surface area contributed by atoms with E-state index in [0.717, 1.165) is 20.8 Å². The van der Waals surface area contributed by atoms with Gasteiger partial charge in [-0.2, -0.15) is 0 Å². The molecule has 0 aliphatic carbocycles. The van der Waals surface area contributed by atoms with Gasteiger partial charge in [0.05, 0.1) is 0 Å². The summed E-state index contributed by atoms with van der Waals surface area (Å²) in [5.41, 5.74) is 0. The number of ether oxygens (including phenoxy) is 5. The number of rotatable bonds is 6. The van der Waals surface area contributed by atoms with E-state index in [0.29, 0.717) is 0 Å². The molecule has 0 saturated carbocycles. The van der Waals surface area contributed by atoms with E-state index in [1.165, 1.54) is 6.92 Å². The third-order valence-corrected chi connectivity index (χ3v) is 3.37. The molecule has 1 aliphatic rings. The van der Waals surface area contributed by atoms with Gasteiger partial charge >= 0.3 is 157 Å². The summed E-state index contributed by atoms with van der Waals surface area (Å²) < 4.78 is 28.5. The van der Waals surface area contributed by atoms with Crippen molar-refractivity contribution in [2.45, 2.75) is 58.3 Å². The maximum absolute atomic E-state index is 11.5. The molecule has 0 unspecified atom stereocenters. The topological polar surface area (TPSA) is 127 Å². The van der Waals surface area contributed by atoms with E-state index in [1.807, 2.05) is 0 Å². The van der Waals surface area contributed by atoms with E-state index in [1.54, 1.807) is 0 Å². The Bertz CT molecular complexity index is 616. The second-order valence-corrected chi connectivity index (χ2v) is 5.69. The van der Waals surface area contributed by atoms with Gasteiger partial charge in [-0.1, -0.05) is 0 Å². The molecule has 11 heteroatoms. The summed E-state index contributed by atoms with van der Waals surface area (Å²) >= 11 is 2.41. The average molecular weight is 436 g/mol. The van der Waals surface area contributed by atoms with Crippen molar-refractivity contribution in [2.75, 3.05) is 6.61 Å². The molecular weight excluding hydrogens is 417 g/mol. The summed E-state index contributed by atoms with van der Waals surface area (Å²) in [6.07, 6.45) is -5.75. The second-order valence-electron chi connectivity index (χ2n) is 5.31. The number of esters is 4. The van der Waals surface area contributed by atoms with Crippen molar-refractivity contribution in [1.29, 1.82) is 0 Å². The van der Waals surface area contributed by atoms with Gasteiger partial charge in [0.2, 0.25) is 0 Å². The van der Waals surface area contributed by atoms with Gasteiger partial charge in [-0.15, -0.1) is 0 Å². The fourth-order valence-corrected chi connectivity index (χ4v) is 2.58. The van der Waals surface area contributed by atoms with Crippen LogP contribution in [-0.4, -0.2) is 81.4 Å². The van der Waals surface area contributed by atoms with E-state index in [4.69, 9.17) is 23.7 Å². The van der Waals surface area contributed by atoms with Crippen LogP contribution in [-0.2, 0) is 42.9 Å². The zero-order chi connectivity index (χ0) is 19.9. The Morgan fingerprint density at radius 3 is 1.85 bits per heavy atom. The first-order valence-electron chi connectivity index (χ1n) is 7.53. The first kappa shape index (κ1) is 22.0. The van der Waals surface area contributed by atoms with Gasteiger partial charge in [-0.05, 0) is 0 Å². The summed E-state index contributed by atoms with van der Waals surface area (Å²) in [6, 6.07) is 0. The van der Waals surface area contributed by atoms with E-state index in [9.17, 15) is 19.2 Å². The number of carbonyl (C=O) groups excluding carboxylic acids is 4. The van der Waals surface area contributed by atoms with Crippen LogP contribution in [0.3, 0.4) is 0 Å². The molecule has 1 fully saturated rings. The molecular formula is C15H19NO9Se. The second kappa shape index (κ2) is 10.2. The Hall–Kier alpha value is -2.06. The van der Waals surface area contributed by atoms with Crippen LogP contribution in [0.1, 0.15) is 27.7 Å². The minimum absolute atomic E-state index is 0.294. The van der Waals surface area contributed by atoms with Crippen LogP contribution in [0.4, 0.5) is 0 Å². The van der Waals surface area contributed by atoms with Gasteiger partial charge in [0.15, 0.2) is 0 Å². The molecule has 0 spiro atoms. The number of hydrogen-bond donors (Lipinski definition) is 0. The van der Waals surface area contributed by atoms with Crippen LogP contribution in [0.2, 0.25) is 0 Å². The molecule has 0 amide bonds. The van der Waals surface area contributed by atoms with Crippen LogP contribution < -0.4 is 0 Å². The van der Waals surface area contributed by atoms with Gasteiger partial charge in [-0.3, -0.25) is 0 Å². The van der Waals surface area contributed by atoms with Crippen LogP contribution in [0.25, 0.3) is 0 Å². The molecule has 1 aliphatic heterocycles. The molecule has 5 atom stereocenters. The van der Waals surface area contributed by atoms with Gasteiger partial charge in [0.25, 0.3) is 0 Å². The van der Waals surface area contributed by atoms with Crippen molar-refractivity contribution in [3.8, 4) is 0 Å². The maximum atomic E-state index is 11.5. The molecule has 1 rings (SSSR count). The zero-order valence-electron chi connectivity index (χ0n) is 14.6. The van der Waals surface area contributed by atoms with Gasteiger partial charge in [-0.25, -0.2) is 0 Å². The van der Waals surface area contributed by atoms with E-state index in [2.05, 4.69) is 25.3 Å². The Morgan fingerprint density at radius 1 is 0.885 bits per heavy atom. The molecule has 0 radical (unpaired) electrons. The van der Waals surface area contributed by atoms with Crippen molar-refractivity contribution in [1.82, 2.24) is 0 Å². The molecule has 1 heterocycles. The zero-order valence-corrected chi connectivity index (χ0v) is 16.3. The molecule has 0 aromatic rings.